The van der Waals surface area contributed by atoms with Crippen LogP contribution in [0.1, 0.15) is 103 Å². The lowest BCUT2D eigenvalue weighted by atomic mass is 10.0. The SMILES string of the molecule is COC(CCCCCCCCCCCCCCCCCN)OC. The molecule has 2 N–H and O–H groups in total. The zero-order valence-corrected chi connectivity index (χ0v) is 16.0. The van der Waals surface area contributed by atoms with Crippen LogP contribution in [0.2, 0.25) is 0 Å². The third-order valence-corrected chi connectivity index (χ3v) is 4.67. The first-order chi connectivity index (χ1) is 11.3. The molecule has 0 saturated heterocycles. The normalized spacial score (nSPS) is 11.5. The fraction of sp³-hybridized carbons (Fsp3) is 1.00. The van der Waals surface area contributed by atoms with Gasteiger partial charge in [-0.05, 0) is 25.8 Å². The minimum atomic E-state index is -0.00402. The average Bonchev–Trinajstić information content (AvgIpc) is 2.58. The summed E-state index contributed by atoms with van der Waals surface area (Å²) >= 11 is 0. The molecule has 23 heavy (non-hydrogen) atoms. The molecule has 0 saturated carbocycles. The van der Waals surface area contributed by atoms with Crippen molar-refractivity contribution in [3.8, 4) is 0 Å². The van der Waals surface area contributed by atoms with Crippen molar-refractivity contribution in [1.29, 1.82) is 0 Å². The van der Waals surface area contributed by atoms with Gasteiger partial charge in [-0.15, -0.1) is 0 Å². The summed E-state index contributed by atoms with van der Waals surface area (Å²) in [6.07, 6.45) is 21.6. The lowest BCUT2D eigenvalue weighted by Gasteiger charge is -2.12. The van der Waals surface area contributed by atoms with E-state index in [9.17, 15) is 0 Å². The molecule has 0 fully saturated rings. The Morgan fingerprint density at radius 1 is 0.522 bits per heavy atom. The fourth-order valence-electron chi connectivity index (χ4n) is 3.09. The molecule has 0 amide bonds. The Morgan fingerprint density at radius 3 is 1.13 bits per heavy atom. The van der Waals surface area contributed by atoms with Crippen LogP contribution < -0.4 is 5.73 Å². The predicted octanol–water partition coefficient (Wildman–Crippen LogP) is 5.81. The third-order valence-electron chi connectivity index (χ3n) is 4.67. The van der Waals surface area contributed by atoms with Crippen LogP contribution in [0.5, 0.6) is 0 Å². The Hall–Kier alpha value is -0.120. The molecule has 0 aromatic heterocycles. The second kappa shape index (κ2) is 19.9. The summed E-state index contributed by atoms with van der Waals surface area (Å²) in [5, 5.41) is 0. The maximum atomic E-state index is 5.50. The molecule has 0 spiro atoms. The Balaban J connectivity index is 3.02. The number of hydrogen-bond donors (Lipinski definition) is 1. The van der Waals surface area contributed by atoms with Gasteiger partial charge < -0.3 is 15.2 Å². The molecule has 0 aliphatic rings. The Kier molecular flexibility index (Phi) is 19.8. The molecular weight excluding hydrogens is 286 g/mol. The summed E-state index contributed by atoms with van der Waals surface area (Å²) in [5.74, 6) is 0. The first-order valence-electron chi connectivity index (χ1n) is 10.1. The van der Waals surface area contributed by atoms with Gasteiger partial charge in [0.1, 0.15) is 0 Å². The fourth-order valence-corrected chi connectivity index (χ4v) is 3.09. The monoisotopic (exact) mass is 329 g/mol. The van der Waals surface area contributed by atoms with Crippen molar-refractivity contribution in [2.45, 2.75) is 109 Å². The topological polar surface area (TPSA) is 44.5 Å². The minimum Gasteiger partial charge on any atom is -0.356 e. The van der Waals surface area contributed by atoms with Crippen molar-refractivity contribution in [1.82, 2.24) is 0 Å². The number of hydrogen-bond acceptors (Lipinski definition) is 3. The highest BCUT2D eigenvalue weighted by Crippen LogP contribution is 2.14. The van der Waals surface area contributed by atoms with Crippen LogP contribution in [0.3, 0.4) is 0 Å². The summed E-state index contributed by atoms with van der Waals surface area (Å²) in [5.41, 5.74) is 5.50. The van der Waals surface area contributed by atoms with Gasteiger partial charge in [-0.1, -0.05) is 83.5 Å². The second-order valence-corrected chi connectivity index (χ2v) is 6.78. The van der Waals surface area contributed by atoms with Gasteiger partial charge >= 0.3 is 0 Å². The highest BCUT2D eigenvalue weighted by Gasteiger charge is 2.03. The van der Waals surface area contributed by atoms with Crippen LogP contribution in [0, 0.1) is 0 Å². The number of rotatable bonds is 19. The van der Waals surface area contributed by atoms with E-state index in [1.165, 1.54) is 96.3 Å². The largest absolute Gasteiger partial charge is 0.356 e. The third kappa shape index (κ3) is 18.1. The highest BCUT2D eigenvalue weighted by atomic mass is 16.7. The van der Waals surface area contributed by atoms with E-state index in [4.69, 9.17) is 15.2 Å². The molecule has 0 unspecified atom stereocenters. The zero-order chi connectivity index (χ0) is 17.0. The van der Waals surface area contributed by atoms with Gasteiger partial charge in [-0.3, -0.25) is 0 Å². The van der Waals surface area contributed by atoms with Crippen molar-refractivity contribution in [2.75, 3.05) is 20.8 Å². The van der Waals surface area contributed by atoms with E-state index < -0.39 is 0 Å². The average molecular weight is 330 g/mol. The molecule has 0 aromatic carbocycles. The van der Waals surface area contributed by atoms with E-state index in [1.54, 1.807) is 14.2 Å². The van der Waals surface area contributed by atoms with E-state index in [1.807, 2.05) is 0 Å². The zero-order valence-electron chi connectivity index (χ0n) is 16.0. The summed E-state index contributed by atoms with van der Waals surface area (Å²) in [6, 6.07) is 0. The molecule has 0 aromatic rings. The minimum absolute atomic E-state index is 0.00402. The standard InChI is InChI=1S/C20H43NO2/c1-22-20(23-2)18-16-14-12-10-8-6-4-3-5-7-9-11-13-15-17-19-21/h20H,3-19,21H2,1-2H3. The molecule has 0 aliphatic carbocycles. The van der Waals surface area contributed by atoms with Crippen LogP contribution in [-0.4, -0.2) is 27.1 Å². The maximum absolute atomic E-state index is 5.50. The molecule has 0 bridgehead atoms. The number of unbranched alkanes of at least 4 members (excludes halogenated alkanes) is 14. The molecule has 0 atom stereocenters. The van der Waals surface area contributed by atoms with Crippen LogP contribution in [0.4, 0.5) is 0 Å². The second-order valence-electron chi connectivity index (χ2n) is 6.78. The summed E-state index contributed by atoms with van der Waals surface area (Å²) < 4.78 is 10.4. The van der Waals surface area contributed by atoms with E-state index in [0.29, 0.717) is 0 Å². The maximum Gasteiger partial charge on any atom is 0.156 e. The van der Waals surface area contributed by atoms with Gasteiger partial charge in [-0.25, -0.2) is 0 Å². The summed E-state index contributed by atoms with van der Waals surface area (Å²) in [6.45, 7) is 0.862. The van der Waals surface area contributed by atoms with Crippen molar-refractivity contribution < 1.29 is 9.47 Å². The van der Waals surface area contributed by atoms with Gasteiger partial charge in [0, 0.05) is 14.2 Å². The van der Waals surface area contributed by atoms with Crippen molar-refractivity contribution in [3.63, 3.8) is 0 Å². The van der Waals surface area contributed by atoms with Crippen molar-refractivity contribution in [3.05, 3.63) is 0 Å². The van der Waals surface area contributed by atoms with Crippen molar-refractivity contribution >= 4 is 0 Å². The van der Waals surface area contributed by atoms with Crippen LogP contribution >= 0.6 is 0 Å². The van der Waals surface area contributed by atoms with Crippen LogP contribution in [-0.2, 0) is 9.47 Å². The molecule has 3 nitrogen and oxygen atoms in total. The molecular formula is C20H43NO2. The number of nitrogens with two attached hydrogens (primary N) is 1. The van der Waals surface area contributed by atoms with Gasteiger partial charge in [0.25, 0.3) is 0 Å². The number of ether oxygens (including phenoxy) is 2. The van der Waals surface area contributed by atoms with Gasteiger partial charge in [-0.2, -0.15) is 0 Å². The summed E-state index contributed by atoms with van der Waals surface area (Å²) in [4.78, 5) is 0. The lowest BCUT2D eigenvalue weighted by molar-refractivity contribution is -0.107. The first kappa shape index (κ1) is 22.9. The van der Waals surface area contributed by atoms with E-state index in [-0.39, 0.29) is 6.29 Å². The molecule has 3 heteroatoms. The lowest BCUT2D eigenvalue weighted by Crippen LogP contribution is -2.12. The molecule has 140 valence electrons. The van der Waals surface area contributed by atoms with E-state index >= 15 is 0 Å². The Bertz CT molecular complexity index is 208. The Labute approximate surface area is 145 Å². The van der Waals surface area contributed by atoms with Gasteiger partial charge in [0.15, 0.2) is 6.29 Å². The van der Waals surface area contributed by atoms with Gasteiger partial charge in [0.05, 0.1) is 0 Å². The number of methoxy groups -OCH3 is 2. The van der Waals surface area contributed by atoms with Gasteiger partial charge in [0.2, 0.25) is 0 Å². The predicted molar refractivity (Wildman–Crippen MR) is 101 cm³/mol. The van der Waals surface area contributed by atoms with Crippen LogP contribution in [0.15, 0.2) is 0 Å². The van der Waals surface area contributed by atoms with E-state index in [0.717, 1.165) is 13.0 Å². The smallest absolute Gasteiger partial charge is 0.156 e. The van der Waals surface area contributed by atoms with Crippen molar-refractivity contribution in [2.24, 2.45) is 5.73 Å². The molecule has 0 rings (SSSR count). The van der Waals surface area contributed by atoms with E-state index in [2.05, 4.69) is 0 Å². The molecule has 0 aliphatic heterocycles. The quantitative estimate of drug-likeness (QED) is 0.240. The highest BCUT2D eigenvalue weighted by molar-refractivity contribution is 4.51. The molecule has 0 radical (unpaired) electrons. The Morgan fingerprint density at radius 2 is 0.826 bits per heavy atom. The first-order valence-corrected chi connectivity index (χ1v) is 10.1. The summed E-state index contributed by atoms with van der Waals surface area (Å²) in [7, 11) is 3.44. The van der Waals surface area contributed by atoms with Crippen LogP contribution in [0.25, 0.3) is 0 Å². The molecule has 0 heterocycles.